The van der Waals surface area contributed by atoms with E-state index in [-0.39, 0.29) is 0 Å². The summed E-state index contributed by atoms with van der Waals surface area (Å²) in [5.41, 5.74) is 3.94. The van der Waals surface area contributed by atoms with Crippen LogP contribution in [0.3, 0.4) is 0 Å². The SMILES string of the molecule is CCC1CCC(Nc2c(Cl)ccc3scnc23)CC1. The molecular formula is C15H19ClN2S. The average Bonchev–Trinajstić information content (AvgIpc) is 2.91. The molecule has 0 spiro atoms. The van der Waals surface area contributed by atoms with Crippen LogP contribution in [0.25, 0.3) is 10.2 Å². The Morgan fingerprint density at radius 3 is 2.84 bits per heavy atom. The molecule has 1 heterocycles. The lowest BCUT2D eigenvalue weighted by Crippen LogP contribution is -2.26. The van der Waals surface area contributed by atoms with Crippen LogP contribution in [-0.4, -0.2) is 11.0 Å². The summed E-state index contributed by atoms with van der Waals surface area (Å²) in [6, 6.07) is 4.57. The Morgan fingerprint density at radius 2 is 2.11 bits per heavy atom. The first kappa shape index (κ1) is 13.2. The topological polar surface area (TPSA) is 24.9 Å². The summed E-state index contributed by atoms with van der Waals surface area (Å²) < 4.78 is 1.20. The fourth-order valence-corrected chi connectivity index (χ4v) is 3.85. The third-order valence-corrected chi connectivity index (χ3v) is 5.33. The molecule has 1 fully saturated rings. The van der Waals surface area contributed by atoms with Crippen LogP contribution in [0.15, 0.2) is 17.6 Å². The zero-order valence-electron chi connectivity index (χ0n) is 11.2. The van der Waals surface area contributed by atoms with Crippen LogP contribution in [0.1, 0.15) is 39.0 Å². The molecule has 0 amide bonds. The molecular weight excluding hydrogens is 276 g/mol. The lowest BCUT2D eigenvalue weighted by atomic mass is 9.84. The number of thiazole rings is 1. The Kier molecular flexibility index (Phi) is 3.94. The van der Waals surface area contributed by atoms with Crippen molar-refractivity contribution in [3.05, 3.63) is 22.7 Å². The van der Waals surface area contributed by atoms with Gasteiger partial charge in [-0.1, -0.05) is 24.9 Å². The van der Waals surface area contributed by atoms with Gasteiger partial charge in [-0.25, -0.2) is 4.98 Å². The van der Waals surface area contributed by atoms with E-state index in [0.717, 1.165) is 22.1 Å². The maximum absolute atomic E-state index is 6.34. The molecule has 1 N–H and O–H groups in total. The molecule has 0 bridgehead atoms. The summed E-state index contributed by atoms with van der Waals surface area (Å²) in [5.74, 6) is 0.920. The van der Waals surface area contributed by atoms with Gasteiger partial charge in [-0.3, -0.25) is 0 Å². The number of nitrogens with zero attached hydrogens (tertiary/aromatic N) is 1. The van der Waals surface area contributed by atoms with Crippen molar-refractivity contribution in [2.24, 2.45) is 5.92 Å². The molecule has 1 aromatic carbocycles. The molecule has 0 saturated heterocycles. The minimum atomic E-state index is 0.549. The van der Waals surface area contributed by atoms with Gasteiger partial charge in [-0.05, 0) is 43.7 Å². The summed E-state index contributed by atoms with van der Waals surface area (Å²) >= 11 is 8.00. The van der Waals surface area contributed by atoms with Crippen LogP contribution in [0.4, 0.5) is 5.69 Å². The van der Waals surface area contributed by atoms with E-state index in [1.54, 1.807) is 11.3 Å². The lowest BCUT2D eigenvalue weighted by molar-refractivity contribution is 0.330. The number of halogens is 1. The van der Waals surface area contributed by atoms with Gasteiger partial charge in [-0.15, -0.1) is 11.3 Å². The lowest BCUT2D eigenvalue weighted by Gasteiger charge is -2.29. The number of rotatable bonds is 3. The Labute approximate surface area is 123 Å². The van der Waals surface area contributed by atoms with Crippen LogP contribution in [0.2, 0.25) is 5.02 Å². The summed E-state index contributed by atoms with van der Waals surface area (Å²) in [6.07, 6.45) is 6.47. The molecule has 1 saturated carbocycles. The summed E-state index contributed by atoms with van der Waals surface area (Å²) in [6.45, 7) is 2.30. The van der Waals surface area contributed by atoms with E-state index in [4.69, 9.17) is 11.6 Å². The first-order valence-electron chi connectivity index (χ1n) is 7.06. The third-order valence-electron chi connectivity index (χ3n) is 4.22. The summed E-state index contributed by atoms with van der Waals surface area (Å²) in [5, 5.41) is 4.42. The average molecular weight is 295 g/mol. The second kappa shape index (κ2) is 5.68. The van der Waals surface area contributed by atoms with Gasteiger partial charge in [0, 0.05) is 6.04 Å². The number of benzene rings is 1. The highest BCUT2D eigenvalue weighted by Gasteiger charge is 2.21. The maximum atomic E-state index is 6.34. The van der Waals surface area contributed by atoms with Crippen molar-refractivity contribution in [1.82, 2.24) is 4.98 Å². The van der Waals surface area contributed by atoms with E-state index in [0.29, 0.717) is 6.04 Å². The molecule has 1 aliphatic carbocycles. The number of aromatic nitrogens is 1. The van der Waals surface area contributed by atoms with Crippen LogP contribution < -0.4 is 5.32 Å². The van der Waals surface area contributed by atoms with Crippen LogP contribution >= 0.6 is 22.9 Å². The second-order valence-electron chi connectivity index (χ2n) is 5.39. The number of anilines is 1. The summed E-state index contributed by atoms with van der Waals surface area (Å²) in [7, 11) is 0. The van der Waals surface area contributed by atoms with Crippen molar-refractivity contribution < 1.29 is 0 Å². The monoisotopic (exact) mass is 294 g/mol. The molecule has 102 valence electrons. The van der Waals surface area contributed by atoms with Gasteiger partial charge in [-0.2, -0.15) is 0 Å². The van der Waals surface area contributed by atoms with E-state index in [9.17, 15) is 0 Å². The van der Waals surface area contributed by atoms with Crippen LogP contribution in [0, 0.1) is 5.92 Å². The minimum absolute atomic E-state index is 0.549. The first-order valence-corrected chi connectivity index (χ1v) is 8.32. The van der Waals surface area contributed by atoms with Crippen molar-refractivity contribution in [2.75, 3.05) is 5.32 Å². The van der Waals surface area contributed by atoms with E-state index in [2.05, 4.69) is 23.3 Å². The summed E-state index contributed by atoms with van der Waals surface area (Å²) in [4.78, 5) is 4.45. The van der Waals surface area contributed by atoms with Crippen molar-refractivity contribution >= 4 is 38.8 Å². The van der Waals surface area contributed by atoms with Gasteiger partial charge >= 0.3 is 0 Å². The Hall–Kier alpha value is -0.800. The Balaban J connectivity index is 1.78. The fraction of sp³-hybridized carbons (Fsp3) is 0.533. The van der Waals surface area contributed by atoms with E-state index < -0.39 is 0 Å². The number of nitrogens with one attached hydrogen (secondary N) is 1. The van der Waals surface area contributed by atoms with Crippen LogP contribution in [-0.2, 0) is 0 Å². The number of hydrogen-bond donors (Lipinski definition) is 1. The fourth-order valence-electron chi connectivity index (χ4n) is 2.96. The second-order valence-corrected chi connectivity index (χ2v) is 6.69. The smallest absolute Gasteiger partial charge is 0.106 e. The molecule has 1 aliphatic rings. The first-order chi connectivity index (χ1) is 9.28. The molecule has 2 nitrogen and oxygen atoms in total. The van der Waals surface area contributed by atoms with Crippen molar-refractivity contribution in [2.45, 2.75) is 45.1 Å². The zero-order chi connectivity index (χ0) is 13.2. The van der Waals surface area contributed by atoms with Gasteiger partial charge in [0.15, 0.2) is 0 Å². The van der Waals surface area contributed by atoms with E-state index in [1.165, 1.54) is 36.8 Å². The van der Waals surface area contributed by atoms with Crippen molar-refractivity contribution in [1.29, 1.82) is 0 Å². The standard InChI is InChI=1S/C15H19ClN2S/c1-2-10-3-5-11(6-4-10)18-14-12(16)7-8-13-15(14)17-9-19-13/h7-11,18H,2-6H2,1H3. The molecule has 1 aromatic heterocycles. The molecule has 0 aliphatic heterocycles. The third kappa shape index (κ3) is 2.72. The number of fused-ring (bicyclic) bond motifs is 1. The normalized spacial score (nSPS) is 23.7. The van der Waals surface area contributed by atoms with E-state index in [1.807, 2.05) is 11.6 Å². The highest BCUT2D eigenvalue weighted by molar-refractivity contribution is 7.16. The molecule has 0 unspecified atom stereocenters. The molecule has 2 aromatic rings. The Bertz CT molecular complexity index is 558. The zero-order valence-corrected chi connectivity index (χ0v) is 12.7. The van der Waals surface area contributed by atoms with Crippen molar-refractivity contribution in [3.8, 4) is 0 Å². The largest absolute Gasteiger partial charge is 0.379 e. The van der Waals surface area contributed by atoms with Gasteiger partial charge in [0.2, 0.25) is 0 Å². The van der Waals surface area contributed by atoms with Gasteiger partial charge in [0.05, 0.1) is 20.9 Å². The predicted molar refractivity (Wildman–Crippen MR) is 84.3 cm³/mol. The molecule has 4 heteroatoms. The van der Waals surface area contributed by atoms with Gasteiger partial charge < -0.3 is 5.32 Å². The highest BCUT2D eigenvalue weighted by Crippen LogP contribution is 2.35. The molecule has 0 radical (unpaired) electrons. The van der Waals surface area contributed by atoms with Crippen LogP contribution in [0.5, 0.6) is 0 Å². The molecule has 19 heavy (non-hydrogen) atoms. The molecule has 3 rings (SSSR count). The Morgan fingerprint density at radius 1 is 1.32 bits per heavy atom. The quantitative estimate of drug-likeness (QED) is 0.827. The predicted octanol–water partition coefficient (Wildman–Crippen LogP) is 5.33. The van der Waals surface area contributed by atoms with Gasteiger partial charge in [0.1, 0.15) is 5.52 Å². The van der Waals surface area contributed by atoms with Crippen molar-refractivity contribution in [3.63, 3.8) is 0 Å². The van der Waals surface area contributed by atoms with Gasteiger partial charge in [0.25, 0.3) is 0 Å². The molecule has 0 atom stereocenters. The van der Waals surface area contributed by atoms with E-state index >= 15 is 0 Å². The highest BCUT2D eigenvalue weighted by atomic mass is 35.5. The minimum Gasteiger partial charge on any atom is -0.379 e. The maximum Gasteiger partial charge on any atom is 0.106 e. The number of hydrogen-bond acceptors (Lipinski definition) is 3.